The van der Waals surface area contributed by atoms with Crippen LogP contribution in [-0.2, 0) is 0 Å². The molecule has 0 fully saturated rings. The molecule has 2 N–H and O–H groups in total. The largest absolute Gasteiger partial charge is 0.316 e. The lowest BCUT2D eigenvalue weighted by molar-refractivity contribution is 0.317. The third-order valence-corrected chi connectivity index (χ3v) is 3.66. The molecule has 0 aromatic heterocycles. The van der Waals surface area contributed by atoms with Crippen LogP contribution in [0.25, 0.3) is 0 Å². The first-order chi connectivity index (χ1) is 8.18. The Hall–Kier alpha value is -0.340. The second kappa shape index (κ2) is 7.88. The van der Waals surface area contributed by atoms with Crippen LogP contribution < -0.4 is 10.6 Å². The van der Waals surface area contributed by atoms with Crippen molar-refractivity contribution in [3.05, 3.63) is 12.2 Å². The van der Waals surface area contributed by atoms with Gasteiger partial charge in [0.05, 0.1) is 0 Å². The Kier molecular flexibility index (Phi) is 6.83. The van der Waals surface area contributed by atoms with Gasteiger partial charge in [0.25, 0.3) is 0 Å². The highest BCUT2D eigenvalue weighted by atomic mass is 14.9. The molecule has 2 heteroatoms. The molecule has 0 saturated carbocycles. The molecule has 0 amide bonds. The van der Waals surface area contributed by atoms with E-state index in [0.717, 1.165) is 25.6 Å². The fraction of sp³-hybridized carbons (Fsp3) is 0.867. The molecule has 1 heterocycles. The van der Waals surface area contributed by atoms with Gasteiger partial charge in [-0.25, -0.2) is 0 Å². The molecule has 1 aliphatic rings. The minimum atomic E-state index is 0.319. The Morgan fingerprint density at radius 2 is 2.18 bits per heavy atom. The summed E-state index contributed by atoms with van der Waals surface area (Å²) in [7, 11) is 0. The summed E-state index contributed by atoms with van der Waals surface area (Å²) in [6.07, 6.45) is 9.94. The molecule has 0 saturated heterocycles. The van der Waals surface area contributed by atoms with Gasteiger partial charge in [0.1, 0.15) is 0 Å². The number of hydrogen-bond acceptors (Lipinski definition) is 2. The van der Waals surface area contributed by atoms with Crippen molar-refractivity contribution in [1.82, 2.24) is 10.6 Å². The first-order valence-corrected chi connectivity index (χ1v) is 7.28. The Balaban J connectivity index is 2.52. The highest BCUT2D eigenvalue weighted by Crippen LogP contribution is 2.23. The van der Waals surface area contributed by atoms with Crippen molar-refractivity contribution in [1.29, 1.82) is 0 Å². The van der Waals surface area contributed by atoms with Crippen LogP contribution in [0, 0.1) is 11.3 Å². The van der Waals surface area contributed by atoms with E-state index < -0.39 is 0 Å². The van der Waals surface area contributed by atoms with Crippen LogP contribution in [0.15, 0.2) is 12.2 Å². The maximum atomic E-state index is 3.62. The molecule has 0 aromatic rings. The topological polar surface area (TPSA) is 24.1 Å². The molecule has 0 aromatic carbocycles. The second-order valence-electron chi connectivity index (χ2n) is 5.82. The quantitative estimate of drug-likeness (QED) is 0.720. The van der Waals surface area contributed by atoms with E-state index >= 15 is 0 Å². The summed E-state index contributed by atoms with van der Waals surface area (Å²) in [5, 5.41) is 7.24. The third-order valence-electron chi connectivity index (χ3n) is 3.66. The third kappa shape index (κ3) is 5.69. The van der Waals surface area contributed by atoms with Gasteiger partial charge in [-0.05, 0) is 44.7 Å². The monoisotopic (exact) mass is 238 g/mol. The Bertz CT molecular complexity index is 223. The number of allylic oxidation sites excluding steroid dienone is 1. The number of nitrogens with one attached hydrogen (secondary N) is 2. The summed E-state index contributed by atoms with van der Waals surface area (Å²) < 4.78 is 0. The molecule has 1 atom stereocenters. The zero-order chi connectivity index (χ0) is 12.6. The first kappa shape index (κ1) is 14.7. The van der Waals surface area contributed by atoms with Crippen LogP contribution in [0.2, 0.25) is 0 Å². The SMILES string of the molecule is CCC1(CNCC(C)C)/C=C\CCCCNC1. The lowest BCUT2D eigenvalue weighted by atomic mass is 9.84. The van der Waals surface area contributed by atoms with Gasteiger partial charge < -0.3 is 10.6 Å². The molecule has 1 rings (SSSR count). The van der Waals surface area contributed by atoms with Crippen LogP contribution in [0.5, 0.6) is 0 Å². The van der Waals surface area contributed by atoms with Gasteiger partial charge in [0.2, 0.25) is 0 Å². The summed E-state index contributed by atoms with van der Waals surface area (Å²) in [5.74, 6) is 0.733. The molecule has 0 aliphatic carbocycles. The van der Waals surface area contributed by atoms with E-state index in [1.807, 2.05) is 0 Å². The molecule has 0 bridgehead atoms. The minimum Gasteiger partial charge on any atom is -0.316 e. The van der Waals surface area contributed by atoms with E-state index in [1.165, 1.54) is 32.2 Å². The normalized spacial score (nSPS) is 28.5. The number of rotatable bonds is 5. The average molecular weight is 238 g/mol. The van der Waals surface area contributed by atoms with E-state index in [1.54, 1.807) is 0 Å². The molecule has 0 radical (unpaired) electrons. The fourth-order valence-electron chi connectivity index (χ4n) is 2.34. The van der Waals surface area contributed by atoms with E-state index in [2.05, 4.69) is 43.6 Å². The zero-order valence-electron chi connectivity index (χ0n) is 11.9. The molecule has 1 aliphatic heterocycles. The van der Waals surface area contributed by atoms with Crippen molar-refractivity contribution in [3.63, 3.8) is 0 Å². The summed E-state index contributed by atoms with van der Waals surface area (Å²) >= 11 is 0. The predicted molar refractivity (Wildman–Crippen MR) is 76.3 cm³/mol. The van der Waals surface area contributed by atoms with Crippen molar-refractivity contribution in [2.75, 3.05) is 26.2 Å². The maximum Gasteiger partial charge on any atom is 0.0129 e. The van der Waals surface area contributed by atoms with Crippen LogP contribution in [0.4, 0.5) is 0 Å². The van der Waals surface area contributed by atoms with E-state index in [4.69, 9.17) is 0 Å². The van der Waals surface area contributed by atoms with Gasteiger partial charge >= 0.3 is 0 Å². The summed E-state index contributed by atoms with van der Waals surface area (Å²) in [6, 6.07) is 0. The highest BCUT2D eigenvalue weighted by molar-refractivity contribution is 5.02. The Labute approximate surface area is 107 Å². The predicted octanol–water partition coefficient (Wildman–Crippen LogP) is 2.96. The summed E-state index contributed by atoms with van der Waals surface area (Å²) in [5.41, 5.74) is 0.319. The highest BCUT2D eigenvalue weighted by Gasteiger charge is 2.24. The molecule has 17 heavy (non-hydrogen) atoms. The van der Waals surface area contributed by atoms with E-state index in [9.17, 15) is 0 Å². The van der Waals surface area contributed by atoms with E-state index in [-0.39, 0.29) is 0 Å². The molecule has 1 unspecified atom stereocenters. The minimum absolute atomic E-state index is 0.319. The van der Waals surface area contributed by atoms with Crippen molar-refractivity contribution in [2.45, 2.75) is 46.5 Å². The fourth-order valence-corrected chi connectivity index (χ4v) is 2.34. The van der Waals surface area contributed by atoms with Crippen LogP contribution in [0.3, 0.4) is 0 Å². The first-order valence-electron chi connectivity index (χ1n) is 7.28. The van der Waals surface area contributed by atoms with Gasteiger partial charge in [-0.3, -0.25) is 0 Å². The van der Waals surface area contributed by atoms with E-state index in [0.29, 0.717) is 5.41 Å². The molecular weight excluding hydrogens is 208 g/mol. The molecule has 0 spiro atoms. The summed E-state index contributed by atoms with van der Waals surface area (Å²) in [4.78, 5) is 0. The zero-order valence-corrected chi connectivity index (χ0v) is 11.9. The number of hydrogen-bond donors (Lipinski definition) is 2. The maximum absolute atomic E-state index is 3.62. The standard InChI is InChI=1S/C15H30N2/c1-4-15(13-17-11-14(2)3)9-7-5-6-8-10-16-12-15/h7,9,14,16-17H,4-6,8,10-13H2,1-3H3/b9-7-. The molecule has 100 valence electrons. The molecular formula is C15H30N2. The van der Waals surface area contributed by atoms with Crippen LogP contribution >= 0.6 is 0 Å². The van der Waals surface area contributed by atoms with Crippen LogP contribution in [0.1, 0.15) is 46.5 Å². The van der Waals surface area contributed by atoms with Gasteiger partial charge in [0.15, 0.2) is 0 Å². The average Bonchev–Trinajstić information content (AvgIpc) is 2.41. The van der Waals surface area contributed by atoms with Crippen molar-refractivity contribution in [2.24, 2.45) is 11.3 Å². The van der Waals surface area contributed by atoms with Crippen molar-refractivity contribution < 1.29 is 0 Å². The van der Waals surface area contributed by atoms with Gasteiger partial charge in [-0.1, -0.05) is 32.9 Å². The van der Waals surface area contributed by atoms with Gasteiger partial charge in [-0.15, -0.1) is 0 Å². The van der Waals surface area contributed by atoms with Gasteiger partial charge in [-0.2, -0.15) is 0 Å². The lowest BCUT2D eigenvalue weighted by Gasteiger charge is -2.30. The smallest absolute Gasteiger partial charge is 0.0129 e. The summed E-state index contributed by atoms with van der Waals surface area (Å²) in [6.45, 7) is 11.4. The molecule has 2 nitrogen and oxygen atoms in total. The second-order valence-corrected chi connectivity index (χ2v) is 5.82. The Morgan fingerprint density at radius 3 is 2.88 bits per heavy atom. The van der Waals surface area contributed by atoms with Crippen molar-refractivity contribution in [3.8, 4) is 0 Å². The van der Waals surface area contributed by atoms with Crippen molar-refractivity contribution >= 4 is 0 Å². The Morgan fingerprint density at radius 1 is 1.35 bits per heavy atom. The lowest BCUT2D eigenvalue weighted by Crippen LogP contribution is -2.41. The van der Waals surface area contributed by atoms with Crippen LogP contribution in [-0.4, -0.2) is 26.2 Å². The van der Waals surface area contributed by atoms with Gasteiger partial charge in [0, 0.05) is 18.5 Å².